The van der Waals surface area contributed by atoms with Crippen molar-refractivity contribution in [1.29, 1.82) is 0 Å². The summed E-state index contributed by atoms with van der Waals surface area (Å²) in [5.74, 6) is 0.606. The molecule has 2 rings (SSSR count). The highest BCUT2D eigenvalue weighted by atomic mass is 16.2. The SMILES string of the molecule is Cc1cccc(C(=O)N2CC(C)(C)NCC2C(C)C)c1. The molecule has 1 unspecified atom stereocenters. The minimum atomic E-state index is -0.0229. The molecule has 0 radical (unpaired) electrons. The highest BCUT2D eigenvalue weighted by Crippen LogP contribution is 2.22. The first-order valence-electron chi connectivity index (χ1n) is 7.43. The van der Waals surface area contributed by atoms with Gasteiger partial charge in [0.15, 0.2) is 0 Å². The van der Waals surface area contributed by atoms with Gasteiger partial charge < -0.3 is 10.2 Å². The van der Waals surface area contributed by atoms with Gasteiger partial charge in [0, 0.05) is 30.2 Å². The van der Waals surface area contributed by atoms with Gasteiger partial charge in [-0.15, -0.1) is 0 Å². The average Bonchev–Trinajstić information content (AvgIpc) is 2.36. The molecular formula is C17H26N2O. The Morgan fingerprint density at radius 1 is 1.40 bits per heavy atom. The summed E-state index contributed by atoms with van der Waals surface area (Å²) in [6, 6.07) is 8.14. The van der Waals surface area contributed by atoms with Gasteiger partial charge in [-0.1, -0.05) is 31.5 Å². The van der Waals surface area contributed by atoms with Crippen LogP contribution in [0.5, 0.6) is 0 Å². The van der Waals surface area contributed by atoms with Crippen molar-refractivity contribution in [2.45, 2.75) is 46.2 Å². The van der Waals surface area contributed by atoms with E-state index in [1.807, 2.05) is 31.2 Å². The zero-order valence-corrected chi connectivity index (χ0v) is 13.2. The van der Waals surface area contributed by atoms with Crippen LogP contribution in [0.3, 0.4) is 0 Å². The van der Waals surface area contributed by atoms with E-state index in [0.717, 1.165) is 24.2 Å². The van der Waals surface area contributed by atoms with Crippen LogP contribution < -0.4 is 5.32 Å². The number of benzene rings is 1. The fourth-order valence-electron chi connectivity index (χ4n) is 2.85. The van der Waals surface area contributed by atoms with Gasteiger partial charge >= 0.3 is 0 Å². The second kappa shape index (κ2) is 5.57. The number of hydrogen-bond acceptors (Lipinski definition) is 2. The average molecular weight is 274 g/mol. The fourth-order valence-corrected chi connectivity index (χ4v) is 2.85. The molecular weight excluding hydrogens is 248 g/mol. The van der Waals surface area contributed by atoms with Crippen LogP contribution in [0.2, 0.25) is 0 Å². The van der Waals surface area contributed by atoms with Crippen LogP contribution in [0.4, 0.5) is 0 Å². The number of hydrogen-bond donors (Lipinski definition) is 1. The number of nitrogens with zero attached hydrogens (tertiary/aromatic N) is 1. The number of aryl methyl sites for hydroxylation is 1. The molecule has 0 saturated carbocycles. The molecule has 1 fully saturated rings. The van der Waals surface area contributed by atoms with Crippen molar-refractivity contribution in [1.82, 2.24) is 10.2 Å². The van der Waals surface area contributed by atoms with Crippen molar-refractivity contribution < 1.29 is 4.79 Å². The van der Waals surface area contributed by atoms with E-state index < -0.39 is 0 Å². The van der Waals surface area contributed by atoms with E-state index in [-0.39, 0.29) is 17.5 Å². The normalized spacial score (nSPS) is 22.1. The molecule has 3 heteroatoms. The van der Waals surface area contributed by atoms with Gasteiger partial charge in [0.1, 0.15) is 0 Å². The molecule has 0 spiro atoms. The Bertz CT molecular complexity index is 494. The van der Waals surface area contributed by atoms with Crippen LogP contribution in [0.15, 0.2) is 24.3 Å². The van der Waals surface area contributed by atoms with Gasteiger partial charge in [0.05, 0.1) is 0 Å². The maximum absolute atomic E-state index is 12.9. The number of carbonyl (C=O) groups is 1. The summed E-state index contributed by atoms with van der Waals surface area (Å²) in [4.78, 5) is 14.9. The molecule has 0 bridgehead atoms. The summed E-state index contributed by atoms with van der Waals surface area (Å²) in [6.45, 7) is 12.3. The van der Waals surface area contributed by atoms with Gasteiger partial charge in [-0.3, -0.25) is 4.79 Å². The number of piperazine rings is 1. The minimum absolute atomic E-state index is 0.0229. The maximum atomic E-state index is 12.9. The third-order valence-electron chi connectivity index (χ3n) is 4.05. The zero-order chi connectivity index (χ0) is 14.9. The molecule has 1 N–H and O–H groups in total. The molecule has 110 valence electrons. The first-order valence-corrected chi connectivity index (χ1v) is 7.43. The van der Waals surface area contributed by atoms with E-state index in [9.17, 15) is 4.79 Å². The lowest BCUT2D eigenvalue weighted by Gasteiger charge is -2.46. The van der Waals surface area contributed by atoms with Crippen LogP contribution in [-0.4, -0.2) is 35.5 Å². The Hall–Kier alpha value is -1.35. The van der Waals surface area contributed by atoms with Crippen molar-refractivity contribution in [2.75, 3.05) is 13.1 Å². The van der Waals surface area contributed by atoms with E-state index in [2.05, 4.69) is 37.9 Å². The molecule has 1 amide bonds. The quantitative estimate of drug-likeness (QED) is 0.899. The van der Waals surface area contributed by atoms with Gasteiger partial charge in [0.2, 0.25) is 0 Å². The molecule has 1 aliphatic heterocycles. The Labute approximate surface area is 122 Å². The van der Waals surface area contributed by atoms with Crippen LogP contribution in [0.25, 0.3) is 0 Å². The molecule has 1 heterocycles. The van der Waals surface area contributed by atoms with E-state index in [0.29, 0.717) is 5.92 Å². The van der Waals surface area contributed by atoms with E-state index in [1.54, 1.807) is 0 Å². The van der Waals surface area contributed by atoms with E-state index in [4.69, 9.17) is 0 Å². The van der Waals surface area contributed by atoms with Crippen molar-refractivity contribution in [3.63, 3.8) is 0 Å². The highest BCUT2D eigenvalue weighted by Gasteiger charge is 2.36. The van der Waals surface area contributed by atoms with E-state index >= 15 is 0 Å². The number of carbonyl (C=O) groups excluding carboxylic acids is 1. The number of nitrogens with one attached hydrogen (secondary N) is 1. The first-order chi connectivity index (χ1) is 9.30. The zero-order valence-electron chi connectivity index (χ0n) is 13.2. The molecule has 3 nitrogen and oxygen atoms in total. The molecule has 0 aromatic heterocycles. The second-order valence-electron chi connectivity index (χ2n) is 6.88. The molecule has 1 aromatic carbocycles. The van der Waals surface area contributed by atoms with Gasteiger partial charge in [-0.2, -0.15) is 0 Å². The Kier molecular flexibility index (Phi) is 4.19. The summed E-state index contributed by atoms with van der Waals surface area (Å²) in [5.41, 5.74) is 1.91. The third kappa shape index (κ3) is 3.21. The molecule has 1 saturated heterocycles. The largest absolute Gasteiger partial charge is 0.332 e. The van der Waals surface area contributed by atoms with Crippen molar-refractivity contribution >= 4 is 5.91 Å². The Morgan fingerprint density at radius 3 is 2.70 bits per heavy atom. The number of amides is 1. The van der Waals surface area contributed by atoms with Crippen LogP contribution in [0, 0.1) is 12.8 Å². The topological polar surface area (TPSA) is 32.3 Å². The Balaban J connectivity index is 2.28. The molecule has 1 atom stereocenters. The van der Waals surface area contributed by atoms with Gasteiger partial charge in [0.25, 0.3) is 5.91 Å². The lowest BCUT2D eigenvalue weighted by molar-refractivity contribution is 0.0417. The standard InChI is InChI=1S/C17H26N2O/c1-12(2)15-10-18-17(4,5)11-19(15)16(20)14-8-6-7-13(3)9-14/h6-9,12,15,18H,10-11H2,1-5H3. The highest BCUT2D eigenvalue weighted by molar-refractivity contribution is 5.94. The van der Waals surface area contributed by atoms with Crippen LogP contribution in [0.1, 0.15) is 43.6 Å². The summed E-state index contributed by atoms with van der Waals surface area (Å²) < 4.78 is 0. The summed E-state index contributed by atoms with van der Waals surface area (Å²) in [5, 5.41) is 3.54. The van der Waals surface area contributed by atoms with Crippen molar-refractivity contribution in [2.24, 2.45) is 5.92 Å². The predicted octanol–water partition coefficient (Wildman–Crippen LogP) is 2.84. The number of rotatable bonds is 2. The van der Waals surface area contributed by atoms with Gasteiger partial charge in [-0.25, -0.2) is 0 Å². The molecule has 20 heavy (non-hydrogen) atoms. The fraction of sp³-hybridized carbons (Fsp3) is 0.588. The lowest BCUT2D eigenvalue weighted by Crippen LogP contribution is -2.64. The monoisotopic (exact) mass is 274 g/mol. The summed E-state index contributed by atoms with van der Waals surface area (Å²) in [7, 11) is 0. The first kappa shape index (κ1) is 15.0. The Morgan fingerprint density at radius 2 is 2.10 bits per heavy atom. The van der Waals surface area contributed by atoms with Crippen molar-refractivity contribution in [3.05, 3.63) is 35.4 Å². The van der Waals surface area contributed by atoms with Crippen LogP contribution in [-0.2, 0) is 0 Å². The lowest BCUT2D eigenvalue weighted by atomic mass is 9.92. The van der Waals surface area contributed by atoms with Crippen molar-refractivity contribution in [3.8, 4) is 0 Å². The van der Waals surface area contributed by atoms with E-state index in [1.165, 1.54) is 0 Å². The molecule has 1 aromatic rings. The molecule has 1 aliphatic rings. The summed E-state index contributed by atoms with van der Waals surface area (Å²) >= 11 is 0. The molecule has 0 aliphatic carbocycles. The smallest absolute Gasteiger partial charge is 0.254 e. The van der Waals surface area contributed by atoms with Crippen LogP contribution >= 0.6 is 0 Å². The minimum Gasteiger partial charge on any atom is -0.332 e. The maximum Gasteiger partial charge on any atom is 0.254 e. The predicted molar refractivity (Wildman–Crippen MR) is 82.9 cm³/mol. The van der Waals surface area contributed by atoms with Gasteiger partial charge in [-0.05, 0) is 38.8 Å². The third-order valence-corrected chi connectivity index (χ3v) is 4.05. The second-order valence-corrected chi connectivity index (χ2v) is 6.88. The summed E-state index contributed by atoms with van der Waals surface area (Å²) in [6.07, 6.45) is 0.